The summed E-state index contributed by atoms with van der Waals surface area (Å²) in [5.41, 5.74) is 4.59. The zero-order valence-corrected chi connectivity index (χ0v) is 18.9. The molecule has 2 aromatic rings. The lowest BCUT2D eigenvalue weighted by Crippen LogP contribution is -2.48. The van der Waals surface area contributed by atoms with Gasteiger partial charge in [0.25, 0.3) is 0 Å². The van der Waals surface area contributed by atoms with Crippen LogP contribution in [-0.2, 0) is 23.8 Å². The van der Waals surface area contributed by atoms with E-state index in [4.69, 9.17) is 19.3 Å². The highest BCUT2D eigenvalue weighted by atomic mass is 16.6. The van der Waals surface area contributed by atoms with Crippen LogP contribution in [0.5, 0.6) is 0 Å². The standard InChI is InChI=1S/C25H28N2O7/c1-32-14-21(24(29)30)27-23(28)22-11-10-15(34-22)12-26-25(31)33-13-20-18-8-4-2-6-16(18)17-7-3-5-9-19(17)20/h2-9,15,20-22H,10-14H2,1H3,(H,26,31)(H,27,28)(H,29,30). The summed E-state index contributed by atoms with van der Waals surface area (Å²) in [6, 6.07) is 15.1. The van der Waals surface area contributed by atoms with Crippen LogP contribution >= 0.6 is 0 Å². The fraction of sp³-hybridized carbons (Fsp3) is 0.400. The van der Waals surface area contributed by atoms with E-state index in [2.05, 4.69) is 34.9 Å². The maximum Gasteiger partial charge on any atom is 0.407 e. The van der Waals surface area contributed by atoms with Gasteiger partial charge in [0.15, 0.2) is 6.04 Å². The minimum Gasteiger partial charge on any atom is -0.480 e. The highest BCUT2D eigenvalue weighted by Crippen LogP contribution is 2.44. The molecule has 9 heteroatoms. The van der Waals surface area contributed by atoms with Crippen LogP contribution in [0.25, 0.3) is 11.1 Å². The number of carbonyl (C=O) groups excluding carboxylic acids is 2. The highest BCUT2D eigenvalue weighted by molar-refractivity contribution is 5.86. The molecule has 3 unspecified atom stereocenters. The average Bonchev–Trinajstić information content (AvgIpc) is 3.44. The maximum absolute atomic E-state index is 12.3. The number of nitrogens with one attached hydrogen (secondary N) is 2. The van der Waals surface area contributed by atoms with Gasteiger partial charge in [-0.25, -0.2) is 9.59 Å². The van der Waals surface area contributed by atoms with Crippen LogP contribution in [-0.4, -0.2) is 68.2 Å². The number of fused-ring (bicyclic) bond motifs is 3. The summed E-state index contributed by atoms with van der Waals surface area (Å²) >= 11 is 0. The molecular formula is C25H28N2O7. The number of benzene rings is 2. The normalized spacial score (nSPS) is 19.7. The van der Waals surface area contributed by atoms with Crippen molar-refractivity contribution in [3.05, 3.63) is 59.7 Å². The van der Waals surface area contributed by atoms with E-state index in [9.17, 15) is 14.4 Å². The predicted octanol–water partition coefficient (Wildman–Crippen LogP) is 2.29. The van der Waals surface area contributed by atoms with Crippen molar-refractivity contribution in [3.8, 4) is 11.1 Å². The Kier molecular flexibility index (Phi) is 7.44. The smallest absolute Gasteiger partial charge is 0.407 e. The Balaban J connectivity index is 1.24. The largest absolute Gasteiger partial charge is 0.480 e. The summed E-state index contributed by atoms with van der Waals surface area (Å²) in [5, 5.41) is 14.2. The van der Waals surface area contributed by atoms with Crippen molar-refractivity contribution < 1.29 is 33.7 Å². The summed E-state index contributed by atoms with van der Waals surface area (Å²) in [6.45, 7) is 0.272. The first-order valence-electron chi connectivity index (χ1n) is 11.2. The number of carbonyl (C=O) groups is 3. The SMILES string of the molecule is COCC(NC(=O)C1CCC(CNC(=O)OCC2c3ccccc3-c3ccccc32)O1)C(=O)O. The molecule has 0 radical (unpaired) electrons. The second-order valence-electron chi connectivity index (χ2n) is 8.39. The van der Waals surface area contributed by atoms with E-state index >= 15 is 0 Å². The van der Waals surface area contributed by atoms with Gasteiger partial charge in [-0.15, -0.1) is 0 Å². The molecule has 4 rings (SSSR count). The van der Waals surface area contributed by atoms with Gasteiger partial charge in [0, 0.05) is 19.6 Å². The summed E-state index contributed by atoms with van der Waals surface area (Å²) < 4.78 is 16.0. The lowest BCUT2D eigenvalue weighted by molar-refractivity contribution is -0.145. The zero-order chi connectivity index (χ0) is 24.1. The molecule has 180 valence electrons. The number of ether oxygens (including phenoxy) is 3. The molecule has 1 aliphatic heterocycles. The number of methoxy groups -OCH3 is 1. The van der Waals surface area contributed by atoms with Crippen LogP contribution in [0.1, 0.15) is 29.9 Å². The van der Waals surface area contributed by atoms with Gasteiger partial charge in [-0.3, -0.25) is 4.79 Å². The fourth-order valence-corrected chi connectivity index (χ4v) is 4.50. The summed E-state index contributed by atoms with van der Waals surface area (Å²) in [7, 11) is 1.36. The molecule has 9 nitrogen and oxygen atoms in total. The summed E-state index contributed by atoms with van der Waals surface area (Å²) in [5.74, 6) is -1.71. The van der Waals surface area contributed by atoms with Gasteiger partial charge in [-0.2, -0.15) is 0 Å². The third-order valence-corrected chi connectivity index (χ3v) is 6.17. The number of rotatable bonds is 9. The monoisotopic (exact) mass is 468 g/mol. The van der Waals surface area contributed by atoms with Crippen molar-refractivity contribution in [1.29, 1.82) is 0 Å². The molecule has 0 spiro atoms. The van der Waals surface area contributed by atoms with Gasteiger partial charge in [0.2, 0.25) is 5.91 Å². The maximum atomic E-state index is 12.3. The highest BCUT2D eigenvalue weighted by Gasteiger charge is 2.33. The third-order valence-electron chi connectivity index (χ3n) is 6.17. The van der Waals surface area contributed by atoms with Crippen LogP contribution in [0.15, 0.2) is 48.5 Å². The van der Waals surface area contributed by atoms with Crippen LogP contribution < -0.4 is 10.6 Å². The molecular weight excluding hydrogens is 440 g/mol. The number of carboxylic acids is 1. The molecule has 2 aliphatic rings. The first-order valence-corrected chi connectivity index (χ1v) is 11.2. The molecule has 1 saturated heterocycles. The molecule has 1 aliphatic carbocycles. The number of hydrogen-bond donors (Lipinski definition) is 3. The van der Waals surface area contributed by atoms with Crippen molar-refractivity contribution >= 4 is 18.0 Å². The summed E-state index contributed by atoms with van der Waals surface area (Å²) in [6.07, 6.45) is -0.689. The zero-order valence-electron chi connectivity index (χ0n) is 18.9. The molecule has 2 aromatic carbocycles. The van der Waals surface area contributed by atoms with Crippen LogP contribution in [0.2, 0.25) is 0 Å². The molecule has 2 amide bonds. The first kappa shape index (κ1) is 23.7. The number of carboxylic acid groups (broad SMARTS) is 1. The van der Waals surface area contributed by atoms with Gasteiger partial charge in [-0.05, 0) is 35.1 Å². The van der Waals surface area contributed by atoms with E-state index in [0.29, 0.717) is 12.8 Å². The van der Waals surface area contributed by atoms with E-state index in [0.717, 1.165) is 22.3 Å². The molecule has 1 heterocycles. The quantitative estimate of drug-likeness (QED) is 0.516. The van der Waals surface area contributed by atoms with Crippen molar-refractivity contribution in [1.82, 2.24) is 10.6 Å². The first-order chi connectivity index (χ1) is 16.5. The van der Waals surface area contributed by atoms with Crippen LogP contribution in [0.3, 0.4) is 0 Å². The van der Waals surface area contributed by atoms with Gasteiger partial charge in [0.1, 0.15) is 12.7 Å². The van der Waals surface area contributed by atoms with Crippen molar-refractivity contribution in [2.45, 2.75) is 37.0 Å². The van der Waals surface area contributed by atoms with Crippen molar-refractivity contribution in [3.63, 3.8) is 0 Å². The predicted molar refractivity (Wildman–Crippen MR) is 122 cm³/mol. The lowest BCUT2D eigenvalue weighted by Gasteiger charge is -2.18. The number of alkyl carbamates (subject to hydrolysis) is 1. The third kappa shape index (κ3) is 5.21. The molecule has 0 bridgehead atoms. The molecule has 3 atom stereocenters. The van der Waals surface area contributed by atoms with Gasteiger partial charge in [0.05, 0.1) is 12.7 Å². The Morgan fingerprint density at radius 1 is 1.06 bits per heavy atom. The molecule has 1 fully saturated rings. The number of aliphatic carboxylic acids is 1. The minimum atomic E-state index is -1.18. The van der Waals surface area contributed by atoms with E-state index in [1.54, 1.807) is 0 Å². The molecule has 34 heavy (non-hydrogen) atoms. The van der Waals surface area contributed by atoms with E-state index < -0.39 is 30.1 Å². The minimum absolute atomic E-state index is 0.0248. The van der Waals surface area contributed by atoms with Crippen LogP contribution in [0.4, 0.5) is 4.79 Å². The average molecular weight is 469 g/mol. The Morgan fingerprint density at radius 2 is 1.71 bits per heavy atom. The Hall–Kier alpha value is -3.43. The Morgan fingerprint density at radius 3 is 2.32 bits per heavy atom. The number of amides is 2. The topological polar surface area (TPSA) is 123 Å². The van der Waals surface area contributed by atoms with E-state index in [1.807, 2.05) is 24.3 Å². The number of hydrogen-bond acceptors (Lipinski definition) is 6. The molecule has 0 aromatic heterocycles. The second-order valence-corrected chi connectivity index (χ2v) is 8.39. The van der Waals surface area contributed by atoms with Crippen molar-refractivity contribution in [2.24, 2.45) is 0 Å². The van der Waals surface area contributed by atoms with Gasteiger partial charge >= 0.3 is 12.1 Å². The second kappa shape index (κ2) is 10.7. The molecule has 0 saturated carbocycles. The summed E-state index contributed by atoms with van der Waals surface area (Å²) in [4.78, 5) is 35.8. The van der Waals surface area contributed by atoms with Gasteiger partial charge in [-0.1, -0.05) is 48.5 Å². The van der Waals surface area contributed by atoms with E-state index in [-0.39, 0.29) is 31.8 Å². The Labute approximate surface area is 197 Å². The van der Waals surface area contributed by atoms with E-state index in [1.165, 1.54) is 7.11 Å². The lowest BCUT2D eigenvalue weighted by atomic mass is 9.98. The molecule has 3 N–H and O–H groups in total. The fourth-order valence-electron chi connectivity index (χ4n) is 4.50. The Bertz CT molecular complexity index is 1010. The van der Waals surface area contributed by atoms with Crippen molar-refractivity contribution in [2.75, 3.05) is 26.9 Å². The van der Waals surface area contributed by atoms with Gasteiger partial charge < -0.3 is 30.0 Å². The van der Waals surface area contributed by atoms with Crippen LogP contribution in [0, 0.1) is 0 Å².